The highest BCUT2D eigenvalue weighted by Crippen LogP contribution is 2.25. The highest BCUT2D eigenvalue weighted by Gasteiger charge is 2.27. The second-order valence-electron chi connectivity index (χ2n) is 4.53. The Labute approximate surface area is 103 Å². The number of rotatable bonds is 5. The molecule has 3 nitrogen and oxygen atoms in total. The summed E-state index contributed by atoms with van der Waals surface area (Å²) in [4.78, 5) is 0. The first-order valence-electron chi connectivity index (χ1n) is 6.44. The van der Waals surface area contributed by atoms with Crippen LogP contribution in [0.15, 0.2) is 0 Å². The first-order valence-corrected chi connectivity index (χ1v) is 7.49. The fourth-order valence-corrected chi connectivity index (χ4v) is 3.76. The molecule has 0 bridgehead atoms. The largest absolute Gasteiger partial charge is 0.380 e. The third-order valence-electron chi connectivity index (χ3n) is 3.29. The zero-order valence-electron chi connectivity index (χ0n) is 10.1. The highest BCUT2D eigenvalue weighted by molar-refractivity contribution is 8.00. The zero-order valence-corrected chi connectivity index (χ0v) is 10.9. The quantitative estimate of drug-likeness (QED) is 0.798. The standard InChI is InChI=1S/C12H23NO2S/c1-2-13-11-5-7-14-8-12(11)16-9-10-4-3-6-15-10/h10-13H,2-9H2,1H3. The van der Waals surface area contributed by atoms with Crippen LogP contribution in [0.3, 0.4) is 0 Å². The van der Waals surface area contributed by atoms with Crippen molar-refractivity contribution in [2.45, 2.75) is 43.6 Å². The van der Waals surface area contributed by atoms with Crippen LogP contribution in [0.4, 0.5) is 0 Å². The molecular formula is C12H23NO2S. The minimum atomic E-state index is 0.495. The van der Waals surface area contributed by atoms with Crippen molar-refractivity contribution >= 4 is 11.8 Å². The molecule has 2 saturated heterocycles. The summed E-state index contributed by atoms with van der Waals surface area (Å²) in [7, 11) is 0. The molecule has 0 amide bonds. The second-order valence-corrected chi connectivity index (χ2v) is 5.81. The lowest BCUT2D eigenvalue weighted by Crippen LogP contribution is -2.45. The van der Waals surface area contributed by atoms with Gasteiger partial charge in [-0.3, -0.25) is 0 Å². The highest BCUT2D eigenvalue weighted by atomic mass is 32.2. The van der Waals surface area contributed by atoms with Gasteiger partial charge in [-0.15, -0.1) is 0 Å². The Hall–Kier alpha value is 0.230. The van der Waals surface area contributed by atoms with Crippen LogP contribution in [0, 0.1) is 0 Å². The molecule has 2 aliphatic heterocycles. The van der Waals surface area contributed by atoms with Crippen molar-refractivity contribution in [3.05, 3.63) is 0 Å². The van der Waals surface area contributed by atoms with Gasteiger partial charge in [-0.2, -0.15) is 11.8 Å². The van der Waals surface area contributed by atoms with E-state index < -0.39 is 0 Å². The van der Waals surface area contributed by atoms with Crippen LogP contribution in [0.1, 0.15) is 26.2 Å². The Morgan fingerprint density at radius 2 is 2.25 bits per heavy atom. The number of ether oxygens (including phenoxy) is 2. The maximum atomic E-state index is 5.66. The molecule has 16 heavy (non-hydrogen) atoms. The normalized spacial score (nSPS) is 35.4. The van der Waals surface area contributed by atoms with E-state index in [1.165, 1.54) is 12.8 Å². The van der Waals surface area contributed by atoms with Crippen molar-refractivity contribution in [2.24, 2.45) is 0 Å². The van der Waals surface area contributed by atoms with Crippen molar-refractivity contribution in [1.29, 1.82) is 0 Å². The molecule has 0 saturated carbocycles. The number of nitrogens with one attached hydrogen (secondary N) is 1. The van der Waals surface area contributed by atoms with Gasteiger partial charge < -0.3 is 14.8 Å². The summed E-state index contributed by atoms with van der Waals surface area (Å²) >= 11 is 2.03. The van der Waals surface area contributed by atoms with Crippen LogP contribution in [0.5, 0.6) is 0 Å². The summed E-state index contributed by atoms with van der Waals surface area (Å²) in [5.41, 5.74) is 0. The smallest absolute Gasteiger partial charge is 0.0666 e. The maximum Gasteiger partial charge on any atom is 0.0666 e. The third kappa shape index (κ3) is 3.62. The molecule has 3 atom stereocenters. The van der Waals surface area contributed by atoms with Gasteiger partial charge in [-0.1, -0.05) is 6.92 Å². The van der Waals surface area contributed by atoms with Gasteiger partial charge in [0, 0.05) is 30.3 Å². The molecule has 0 spiro atoms. The Kier molecular flexibility index (Phi) is 5.42. The van der Waals surface area contributed by atoms with Gasteiger partial charge in [0.15, 0.2) is 0 Å². The molecule has 0 radical (unpaired) electrons. The summed E-state index contributed by atoms with van der Waals surface area (Å²) in [6, 6.07) is 0.630. The van der Waals surface area contributed by atoms with E-state index in [2.05, 4.69) is 12.2 Å². The third-order valence-corrected chi connectivity index (χ3v) is 4.75. The summed E-state index contributed by atoms with van der Waals surface area (Å²) < 4.78 is 11.2. The molecule has 1 N–H and O–H groups in total. The molecule has 2 rings (SSSR count). The van der Waals surface area contributed by atoms with E-state index >= 15 is 0 Å². The molecular weight excluding hydrogens is 222 g/mol. The minimum Gasteiger partial charge on any atom is -0.380 e. The lowest BCUT2D eigenvalue weighted by Gasteiger charge is -2.32. The molecule has 0 aromatic carbocycles. The molecule has 94 valence electrons. The van der Waals surface area contributed by atoms with Crippen LogP contribution in [0.25, 0.3) is 0 Å². The molecule has 0 aromatic heterocycles. The molecule has 4 heteroatoms. The number of thioether (sulfide) groups is 1. The van der Waals surface area contributed by atoms with Crippen molar-refractivity contribution in [1.82, 2.24) is 5.32 Å². The monoisotopic (exact) mass is 245 g/mol. The van der Waals surface area contributed by atoms with E-state index in [4.69, 9.17) is 9.47 Å². The second kappa shape index (κ2) is 6.84. The Balaban J connectivity index is 1.72. The van der Waals surface area contributed by atoms with E-state index in [1.54, 1.807) is 0 Å². The minimum absolute atomic E-state index is 0.495. The van der Waals surface area contributed by atoms with Crippen molar-refractivity contribution in [3.8, 4) is 0 Å². The van der Waals surface area contributed by atoms with Gasteiger partial charge in [0.1, 0.15) is 0 Å². The Morgan fingerprint density at radius 1 is 1.31 bits per heavy atom. The predicted octanol–water partition coefficient (Wildman–Crippen LogP) is 1.67. The average Bonchev–Trinajstić information content (AvgIpc) is 2.81. The van der Waals surface area contributed by atoms with Gasteiger partial charge in [0.2, 0.25) is 0 Å². The van der Waals surface area contributed by atoms with Crippen LogP contribution < -0.4 is 5.32 Å². The fourth-order valence-electron chi connectivity index (χ4n) is 2.38. The molecule has 2 aliphatic rings. The number of hydrogen-bond donors (Lipinski definition) is 1. The SMILES string of the molecule is CCNC1CCOCC1SCC1CCCO1. The van der Waals surface area contributed by atoms with Crippen LogP contribution >= 0.6 is 11.8 Å². The van der Waals surface area contributed by atoms with Crippen LogP contribution in [-0.2, 0) is 9.47 Å². The predicted molar refractivity (Wildman–Crippen MR) is 68.1 cm³/mol. The fraction of sp³-hybridized carbons (Fsp3) is 1.00. The van der Waals surface area contributed by atoms with Gasteiger partial charge in [-0.25, -0.2) is 0 Å². The first-order chi connectivity index (χ1) is 7.90. The summed E-state index contributed by atoms with van der Waals surface area (Å²) in [6.07, 6.45) is 4.13. The van der Waals surface area contributed by atoms with E-state index in [1.807, 2.05) is 11.8 Å². The van der Waals surface area contributed by atoms with Crippen LogP contribution in [0.2, 0.25) is 0 Å². The summed E-state index contributed by atoms with van der Waals surface area (Å²) in [5, 5.41) is 4.18. The number of hydrogen-bond acceptors (Lipinski definition) is 4. The van der Waals surface area contributed by atoms with Gasteiger partial charge in [0.05, 0.1) is 12.7 Å². The van der Waals surface area contributed by atoms with E-state index in [-0.39, 0.29) is 0 Å². The zero-order chi connectivity index (χ0) is 11.2. The van der Waals surface area contributed by atoms with Gasteiger partial charge in [-0.05, 0) is 25.8 Å². The Morgan fingerprint density at radius 3 is 3.00 bits per heavy atom. The van der Waals surface area contributed by atoms with E-state index in [0.717, 1.165) is 38.5 Å². The van der Waals surface area contributed by atoms with E-state index in [9.17, 15) is 0 Å². The molecule has 2 heterocycles. The lowest BCUT2D eigenvalue weighted by molar-refractivity contribution is 0.0831. The molecule has 3 unspecified atom stereocenters. The topological polar surface area (TPSA) is 30.5 Å². The van der Waals surface area contributed by atoms with Crippen molar-refractivity contribution in [3.63, 3.8) is 0 Å². The molecule has 2 fully saturated rings. The van der Waals surface area contributed by atoms with Crippen LogP contribution in [-0.4, -0.2) is 49.5 Å². The van der Waals surface area contributed by atoms with Crippen molar-refractivity contribution in [2.75, 3.05) is 32.1 Å². The first kappa shape index (κ1) is 12.7. The molecule has 0 aromatic rings. The molecule has 0 aliphatic carbocycles. The van der Waals surface area contributed by atoms with E-state index in [0.29, 0.717) is 17.4 Å². The average molecular weight is 245 g/mol. The van der Waals surface area contributed by atoms with Gasteiger partial charge >= 0.3 is 0 Å². The Bertz CT molecular complexity index is 195. The van der Waals surface area contributed by atoms with Gasteiger partial charge in [0.25, 0.3) is 0 Å². The summed E-state index contributed by atoms with van der Waals surface area (Å²) in [5.74, 6) is 1.13. The summed E-state index contributed by atoms with van der Waals surface area (Å²) in [6.45, 7) is 6.01. The maximum absolute atomic E-state index is 5.66. The lowest BCUT2D eigenvalue weighted by atomic mass is 10.1. The van der Waals surface area contributed by atoms with Crippen molar-refractivity contribution < 1.29 is 9.47 Å².